The number of urea groups is 1. The highest BCUT2D eigenvalue weighted by Gasteiger charge is 2.27. The van der Waals surface area contributed by atoms with Crippen LogP contribution in [0.3, 0.4) is 0 Å². The van der Waals surface area contributed by atoms with Crippen LogP contribution in [0.15, 0.2) is 96.6 Å². The molecular weight excluding hydrogens is 725 g/mol. The number of carbonyl (C=O) groups excluding carboxylic acids is 3. The minimum Gasteiger partial charge on any atom is -0.493 e. The summed E-state index contributed by atoms with van der Waals surface area (Å²) in [6.07, 6.45) is 11.1. The molecule has 1 fully saturated rings. The number of hydrogen-bond acceptors (Lipinski definition) is 6. The minimum absolute atomic E-state index is 0.113. The Balaban J connectivity index is 1.17. The van der Waals surface area contributed by atoms with Gasteiger partial charge in [-0.2, -0.15) is 0 Å². The fraction of sp³-hybridized carbons (Fsp3) is 0.420. The fourth-order valence-electron chi connectivity index (χ4n) is 6.98. The molecule has 8 heteroatoms. The summed E-state index contributed by atoms with van der Waals surface area (Å²) >= 11 is 0. The molecule has 4 aromatic carbocycles. The second kappa shape index (κ2) is 22.0. The standard InChI is InChI=1S/C50H62N2O6/c1-34(2)9-7-11-36(5)25-27-56-45-29-39(30-46(32-45)57-28-26-37(6)12-8-10-35(3)4)33-58-44-23-21-43(22-24-44)42-19-17-41(18-20-42)40-15-13-38(14-16-40)31-47-48(53)51-50(55)52-49(47)54/h13-24,29-32,34-37H,7-12,25-28,33H2,1-6H3,(H2,51,52,53,54,55)/t36-,37-/m0/s1. The van der Waals surface area contributed by atoms with Gasteiger partial charge in [-0.3, -0.25) is 20.2 Å². The number of carbonyl (C=O) groups is 3. The normalized spacial score (nSPS) is 13.9. The van der Waals surface area contributed by atoms with Gasteiger partial charge in [-0.1, -0.05) is 141 Å². The molecule has 0 aliphatic carbocycles. The van der Waals surface area contributed by atoms with Gasteiger partial charge in [0.15, 0.2) is 0 Å². The molecule has 1 saturated heterocycles. The van der Waals surface area contributed by atoms with Crippen LogP contribution >= 0.6 is 0 Å². The van der Waals surface area contributed by atoms with E-state index in [2.05, 4.69) is 101 Å². The zero-order chi connectivity index (χ0) is 41.4. The Morgan fingerprint density at radius 2 is 0.931 bits per heavy atom. The van der Waals surface area contributed by atoms with Gasteiger partial charge in [-0.15, -0.1) is 0 Å². The van der Waals surface area contributed by atoms with Crippen LogP contribution in [-0.4, -0.2) is 31.1 Å². The van der Waals surface area contributed by atoms with E-state index >= 15 is 0 Å². The van der Waals surface area contributed by atoms with Crippen molar-refractivity contribution in [1.29, 1.82) is 0 Å². The first-order chi connectivity index (χ1) is 27.9. The molecule has 2 N–H and O–H groups in total. The molecule has 4 amide bonds. The number of barbiturate groups is 1. The molecule has 5 rings (SSSR count). The molecule has 0 bridgehead atoms. The Kier molecular flexibility index (Phi) is 16.6. The number of amides is 4. The first-order valence-corrected chi connectivity index (χ1v) is 21.1. The van der Waals surface area contributed by atoms with Crippen molar-refractivity contribution in [3.05, 3.63) is 108 Å². The Morgan fingerprint density at radius 1 is 0.500 bits per heavy atom. The molecule has 308 valence electrons. The van der Waals surface area contributed by atoms with E-state index in [4.69, 9.17) is 14.2 Å². The maximum Gasteiger partial charge on any atom is 0.328 e. The van der Waals surface area contributed by atoms with Crippen LogP contribution < -0.4 is 24.8 Å². The molecule has 0 spiro atoms. The van der Waals surface area contributed by atoms with Crippen LogP contribution in [0.1, 0.15) is 104 Å². The molecule has 1 aliphatic rings. The molecule has 58 heavy (non-hydrogen) atoms. The molecule has 2 atom stereocenters. The number of benzene rings is 4. The monoisotopic (exact) mass is 786 g/mol. The third-order valence-electron chi connectivity index (χ3n) is 10.6. The summed E-state index contributed by atoms with van der Waals surface area (Å²) in [7, 11) is 0. The summed E-state index contributed by atoms with van der Waals surface area (Å²) in [6, 6.07) is 29.3. The average molecular weight is 787 g/mol. The van der Waals surface area contributed by atoms with Gasteiger partial charge >= 0.3 is 6.03 Å². The summed E-state index contributed by atoms with van der Waals surface area (Å²) in [5, 5.41) is 4.18. The summed E-state index contributed by atoms with van der Waals surface area (Å²) in [5.41, 5.74) is 5.75. The second-order valence-electron chi connectivity index (χ2n) is 16.8. The third kappa shape index (κ3) is 14.2. The first-order valence-electron chi connectivity index (χ1n) is 21.1. The molecule has 1 heterocycles. The number of rotatable bonds is 22. The number of imide groups is 2. The van der Waals surface area contributed by atoms with Crippen LogP contribution in [-0.2, 0) is 16.2 Å². The molecule has 1 aliphatic heterocycles. The zero-order valence-electron chi connectivity index (χ0n) is 35.3. The maximum absolute atomic E-state index is 12.1. The lowest BCUT2D eigenvalue weighted by atomic mass is 9.98. The lowest BCUT2D eigenvalue weighted by Crippen LogP contribution is -2.51. The summed E-state index contributed by atoms with van der Waals surface area (Å²) in [4.78, 5) is 35.5. The van der Waals surface area contributed by atoms with Gasteiger partial charge in [0.1, 0.15) is 29.4 Å². The highest BCUT2D eigenvalue weighted by atomic mass is 16.5. The van der Waals surface area contributed by atoms with E-state index < -0.39 is 17.8 Å². The highest BCUT2D eigenvalue weighted by Crippen LogP contribution is 2.29. The SMILES string of the molecule is CC(C)CCC[C@H](C)CCOc1cc(COc2ccc(-c3ccc(-c4ccc(C=C5C(=O)NC(=O)NC5=O)cc4)cc3)cc2)cc(OCC[C@@H](C)CCCC(C)C)c1. The highest BCUT2D eigenvalue weighted by molar-refractivity contribution is 6.31. The van der Waals surface area contributed by atoms with Crippen molar-refractivity contribution in [2.24, 2.45) is 23.7 Å². The first kappa shape index (κ1) is 43.7. The predicted octanol–water partition coefficient (Wildman–Crippen LogP) is 11.8. The van der Waals surface area contributed by atoms with Gasteiger partial charge in [0.25, 0.3) is 11.8 Å². The van der Waals surface area contributed by atoms with E-state index in [-0.39, 0.29) is 5.57 Å². The topological polar surface area (TPSA) is 103 Å². The molecule has 0 radical (unpaired) electrons. The summed E-state index contributed by atoms with van der Waals surface area (Å²) in [6.45, 7) is 15.6. The summed E-state index contributed by atoms with van der Waals surface area (Å²) in [5.74, 6) is 3.75. The van der Waals surface area contributed by atoms with Crippen LogP contribution in [0.25, 0.3) is 28.3 Å². The van der Waals surface area contributed by atoms with Crippen molar-refractivity contribution in [2.45, 2.75) is 99.5 Å². The van der Waals surface area contributed by atoms with Gasteiger partial charge in [-0.05, 0) is 100 Å². The van der Waals surface area contributed by atoms with Crippen molar-refractivity contribution < 1.29 is 28.6 Å². The van der Waals surface area contributed by atoms with Crippen LogP contribution in [0.5, 0.6) is 17.2 Å². The number of nitrogens with one attached hydrogen (secondary N) is 2. The number of hydrogen-bond donors (Lipinski definition) is 2. The van der Waals surface area contributed by atoms with E-state index in [1.165, 1.54) is 44.6 Å². The number of ether oxygens (including phenoxy) is 3. The van der Waals surface area contributed by atoms with Gasteiger partial charge in [-0.25, -0.2) is 4.79 Å². The van der Waals surface area contributed by atoms with Crippen molar-refractivity contribution in [3.8, 4) is 39.5 Å². The molecular formula is C50H62N2O6. The lowest BCUT2D eigenvalue weighted by Gasteiger charge is -2.16. The van der Waals surface area contributed by atoms with Gasteiger partial charge in [0, 0.05) is 6.07 Å². The van der Waals surface area contributed by atoms with E-state index in [9.17, 15) is 14.4 Å². The van der Waals surface area contributed by atoms with E-state index in [0.29, 0.717) is 37.2 Å². The molecule has 4 aromatic rings. The minimum atomic E-state index is -0.816. The van der Waals surface area contributed by atoms with Crippen LogP contribution in [0.2, 0.25) is 0 Å². The van der Waals surface area contributed by atoms with E-state index in [1.807, 2.05) is 42.5 Å². The van der Waals surface area contributed by atoms with Crippen LogP contribution in [0, 0.1) is 23.7 Å². The molecule has 0 unspecified atom stereocenters. The summed E-state index contributed by atoms with van der Waals surface area (Å²) < 4.78 is 18.9. The van der Waals surface area contributed by atoms with Gasteiger partial charge in [0.2, 0.25) is 0 Å². The second-order valence-corrected chi connectivity index (χ2v) is 16.8. The lowest BCUT2D eigenvalue weighted by molar-refractivity contribution is -0.123. The van der Waals surface area contributed by atoms with Crippen molar-refractivity contribution in [2.75, 3.05) is 13.2 Å². The maximum atomic E-state index is 12.1. The van der Waals surface area contributed by atoms with Crippen molar-refractivity contribution in [1.82, 2.24) is 10.6 Å². The zero-order valence-corrected chi connectivity index (χ0v) is 35.3. The quantitative estimate of drug-likeness (QED) is 0.0607. The van der Waals surface area contributed by atoms with Crippen molar-refractivity contribution in [3.63, 3.8) is 0 Å². The van der Waals surface area contributed by atoms with Gasteiger partial charge < -0.3 is 14.2 Å². The van der Waals surface area contributed by atoms with E-state index in [0.717, 1.165) is 69.7 Å². The average Bonchev–Trinajstić information content (AvgIpc) is 3.19. The molecule has 8 nitrogen and oxygen atoms in total. The van der Waals surface area contributed by atoms with Crippen molar-refractivity contribution >= 4 is 23.9 Å². The third-order valence-corrected chi connectivity index (χ3v) is 10.6. The van der Waals surface area contributed by atoms with Gasteiger partial charge in [0.05, 0.1) is 13.2 Å². The molecule has 0 aromatic heterocycles. The van der Waals surface area contributed by atoms with E-state index in [1.54, 1.807) is 0 Å². The molecule has 0 saturated carbocycles. The predicted molar refractivity (Wildman–Crippen MR) is 234 cm³/mol. The smallest absolute Gasteiger partial charge is 0.328 e. The Hall–Kier alpha value is -5.37. The largest absolute Gasteiger partial charge is 0.493 e. The Morgan fingerprint density at radius 3 is 1.38 bits per heavy atom. The Labute approximate surface area is 345 Å². The Bertz CT molecular complexity index is 1900. The fourth-order valence-corrected chi connectivity index (χ4v) is 6.98. The van der Waals surface area contributed by atoms with Crippen LogP contribution in [0.4, 0.5) is 4.79 Å².